The summed E-state index contributed by atoms with van der Waals surface area (Å²) in [7, 11) is 1.64. The van der Waals surface area contributed by atoms with E-state index in [0.717, 1.165) is 48.2 Å². The monoisotopic (exact) mass is 387 g/mol. The average molecular weight is 388 g/mol. The molecule has 1 aliphatic heterocycles. The topological polar surface area (TPSA) is 44.8 Å². The summed E-state index contributed by atoms with van der Waals surface area (Å²) in [6, 6.07) is 15.5. The predicted octanol–water partition coefficient (Wildman–Crippen LogP) is 3.18. The molecular formula is C21H26ClN3O2. The van der Waals surface area contributed by atoms with Crippen LogP contribution in [0.15, 0.2) is 48.5 Å². The third-order valence-corrected chi connectivity index (χ3v) is 5.28. The number of methoxy groups -OCH3 is 1. The van der Waals surface area contributed by atoms with Crippen molar-refractivity contribution in [1.82, 2.24) is 10.2 Å². The Bertz CT molecular complexity index is 758. The summed E-state index contributed by atoms with van der Waals surface area (Å²) in [5.74, 6) is 0.873. The minimum atomic E-state index is -0.148. The number of hydrogen-bond acceptors (Lipinski definition) is 4. The van der Waals surface area contributed by atoms with Gasteiger partial charge in [-0.15, -0.1) is 0 Å². The Morgan fingerprint density at radius 1 is 1.15 bits per heavy atom. The molecule has 2 aromatic carbocycles. The second kappa shape index (κ2) is 9.11. The van der Waals surface area contributed by atoms with Crippen molar-refractivity contribution in [2.45, 2.75) is 19.5 Å². The molecule has 1 aliphatic rings. The first-order valence-electron chi connectivity index (χ1n) is 9.22. The summed E-state index contributed by atoms with van der Waals surface area (Å²) in [6.07, 6.45) is 0. The first kappa shape index (κ1) is 19.5. The smallest absolute Gasteiger partial charge is 0.237 e. The van der Waals surface area contributed by atoms with Crippen molar-refractivity contribution in [2.75, 3.05) is 38.2 Å². The maximum absolute atomic E-state index is 12.5. The van der Waals surface area contributed by atoms with Gasteiger partial charge in [-0.3, -0.25) is 9.69 Å². The number of carbonyl (C=O) groups excluding carboxylic acids is 1. The molecule has 1 N–H and O–H groups in total. The van der Waals surface area contributed by atoms with E-state index in [0.29, 0.717) is 6.54 Å². The van der Waals surface area contributed by atoms with Gasteiger partial charge in [-0.2, -0.15) is 0 Å². The molecular weight excluding hydrogens is 362 g/mol. The summed E-state index contributed by atoms with van der Waals surface area (Å²) >= 11 is 6.09. The third-order valence-electron chi connectivity index (χ3n) is 5.04. The average Bonchev–Trinajstić information content (AvgIpc) is 2.72. The molecule has 1 fully saturated rings. The number of rotatable bonds is 6. The molecule has 1 saturated heterocycles. The van der Waals surface area contributed by atoms with Crippen molar-refractivity contribution in [2.24, 2.45) is 0 Å². The van der Waals surface area contributed by atoms with Crippen LogP contribution < -0.4 is 15.0 Å². The van der Waals surface area contributed by atoms with Gasteiger partial charge in [0.15, 0.2) is 0 Å². The Hall–Kier alpha value is -2.24. The molecule has 0 aromatic heterocycles. The van der Waals surface area contributed by atoms with Crippen molar-refractivity contribution in [1.29, 1.82) is 0 Å². The van der Waals surface area contributed by atoms with E-state index in [1.165, 1.54) is 0 Å². The summed E-state index contributed by atoms with van der Waals surface area (Å²) in [4.78, 5) is 17.1. The van der Waals surface area contributed by atoms with Crippen molar-refractivity contribution < 1.29 is 9.53 Å². The van der Waals surface area contributed by atoms with Crippen LogP contribution in [-0.2, 0) is 11.3 Å². The number of anilines is 1. The zero-order valence-corrected chi connectivity index (χ0v) is 16.6. The van der Waals surface area contributed by atoms with Gasteiger partial charge < -0.3 is 15.0 Å². The molecule has 3 rings (SSSR count). The van der Waals surface area contributed by atoms with Crippen LogP contribution in [0.1, 0.15) is 12.5 Å². The normalized spacial score (nSPS) is 16.0. The highest BCUT2D eigenvalue weighted by Crippen LogP contribution is 2.21. The van der Waals surface area contributed by atoms with E-state index >= 15 is 0 Å². The first-order valence-corrected chi connectivity index (χ1v) is 9.60. The van der Waals surface area contributed by atoms with Gasteiger partial charge >= 0.3 is 0 Å². The molecule has 6 heteroatoms. The number of carbonyl (C=O) groups is 1. The van der Waals surface area contributed by atoms with Crippen LogP contribution in [0.3, 0.4) is 0 Å². The minimum Gasteiger partial charge on any atom is -0.497 e. The molecule has 1 heterocycles. The molecule has 144 valence electrons. The Morgan fingerprint density at radius 2 is 1.85 bits per heavy atom. The molecule has 27 heavy (non-hydrogen) atoms. The number of nitrogens with zero attached hydrogens (tertiary/aromatic N) is 2. The van der Waals surface area contributed by atoms with E-state index in [2.05, 4.69) is 21.2 Å². The first-order chi connectivity index (χ1) is 13.1. The third kappa shape index (κ3) is 5.15. The minimum absolute atomic E-state index is 0.0574. The van der Waals surface area contributed by atoms with Gasteiger partial charge in [0.1, 0.15) is 5.75 Å². The number of halogens is 1. The van der Waals surface area contributed by atoms with Crippen molar-refractivity contribution >= 4 is 23.2 Å². The molecule has 5 nitrogen and oxygen atoms in total. The Morgan fingerprint density at radius 3 is 2.48 bits per heavy atom. The number of amides is 1. The van der Waals surface area contributed by atoms with E-state index in [-0.39, 0.29) is 11.9 Å². The van der Waals surface area contributed by atoms with Crippen LogP contribution in [0.4, 0.5) is 5.69 Å². The molecule has 0 radical (unpaired) electrons. The van der Waals surface area contributed by atoms with Crippen LogP contribution in [0.5, 0.6) is 5.75 Å². The van der Waals surface area contributed by atoms with Gasteiger partial charge in [-0.05, 0) is 42.8 Å². The van der Waals surface area contributed by atoms with Gasteiger partial charge in [-0.25, -0.2) is 0 Å². The Kier molecular flexibility index (Phi) is 6.58. The molecule has 2 aromatic rings. The SMILES string of the molecule is COc1ccc(CNC(=O)[C@H](C)N2CCN(c3cccc(Cl)c3)CC2)cc1. The van der Waals surface area contributed by atoms with E-state index < -0.39 is 0 Å². The van der Waals surface area contributed by atoms with E-state index in [9.17, 15) is 4.79 Å². The Labute approximate surface area is 165 Å². The van der Waals surface area contributed by atoms with Gasteiger partial charge in [0.25, 0.3) is 0 Å². The fraction of sp³-hybridized carbons (Fsp3) is 0.381. The lowest BCUT2D eigenvalue weighted by Gasteiger charge is -2.38. The lowest BCUT2D eigenvalue weighted by atomic mass is 10.1. The Balaban J connectivity index is 1.47. The number of hydrogen-bond donors (Lipinski definition) is 1. The van der Waals surface area contributed by atoms with Crippen LogP contribution in [0, 0.1) is 0 Å². The highest BCUT2D eigenvalue weighted by atomic mass is 35.5. The molecule has 0 unspecified atom stereocenters. The fourth-order valence-electron chi connectivity index (χ4n) is 3.29. The summed E-state index contributed by atoms with van der Waals surface area (Å²) in [6.45, 7) is 5.97. The fourth-order valence-corrected chi connectivity index (χ4v) is 3.47. The lowest BCUT2D eigenvalue weighted by Crippen LogP contribution is -2.53. The van der Waals surface area contributed by atoms with Crippen molar-refractivity contribution in [3.05, 3.63) is 59.1 Å². The quantitative estimate of drug-likeness (QED) is 0.826. The van der Waals surface area contributed by atoms with Crippen LogP contribution in [-0.4, -0.2) is 50.1 Å². The standard InChI is InChI=1S/C21H26ClN3O2/c1-16(21(26)23-15-17-6-8-20(27-2)9-7-17)24-10-12-25(13-11-24)19-5-3-4-18(22)14-19/h3-9,14,16H,10-13,15H2,1-2H3,(H,23,26)/t16-/m0/s1. The number of benzene rings is 2. The molecule has 0 spiro atoms. The molecule has 0 aliphatic carbocycles. The van der Waals surface area contributed by atoms with Gasteiger partial charge in [0.2, 0.25) is 5.91 Å². The van der Waals surface area contributed by atoms with Crippen LogP contribution in [0.2, 0.25) is 5.02 Å². The van der Waals surface area contributed by atoms with Crippen molar-refractivity contribution in [3.63, 3.8) is 0 Å². The zero-order valence-electron chi connectivity index (χ0n) is 15.8. The van der Waals surface area contributed by atoms with E-state index in [1.807, 2.05) is 49.4 Å². The second-order valence-corrected chi connectivity index (χ2v) is 7.18. The number of nitrogens with one attached hydrogen (secondary N) is 1. The summed E-state index contributed by atoms with van der Waals surface area (Å²) in [5, 5.41) is 3.78. The zero-order chi connectivity index (χ0) is 19.2. The number of ether oxygens (including phenoxy) is 1. The number of piperazine rings is 1. The largest absolute Gasteiger partial charge is 0.497 e. The molecule has 1 atom stereocenters. The highest BCUT2D eigenvalue weighted by molar-refractivity contribution is 6.30. The molecule has 0 saturated carbocycles. The van der Waals surface area contributed by atoms with Crippen LogP contribution >= 0.6 is 11.6 Å². The molecule has 1 amide bonds. The van der Waals surface area contributed by atoms with Crippen molar-refractivity contribution in [3.8, 4) is 5.75 Å². The predicted molar refractivity (Wildman–Crippen MR) is 110 cm³/mol. The lowest BCUT2D eigenvalue weighted by molar-refractivity contribution is -0.126. The van der Waals surface area contributed by atoms with Crippen LogP contribution in [0.25, 0.3) is 0 Å². The maximum atomic E-state index is 12.5. The summed E-state index contributed by atoms with van der Waals surface area (Å²) < 4.78 is 5.15. The van der Waals surface area contributed by atoms with Gasteiger partial charge in [0.05, 0.1) is 13.2 Å². The molecule has 0 bridgehead atoms. The summed E-state index contributed by atoms with van der Waals surface area (Å²) in [5.41, 5.74) is 2.20. The highest BCUT2D eigenvalue weighted by Gasteiger charge is 2.25. The second-order valence-electron chi connectivity index (χ2n) is 6.74. The maximum Gasteiger partial charge on any atom is 0.237 e. The van der Waals surface area contributed by atoms with E-state index in [1.54, 1.807) is 7.11 Å². The van der Waals surface area contributed by atoms with Gasteiger partial charge in [0, 0.05) is 43.4 Å². The van der Waals surface area contributed by atoms with E-state index in [4.69, 9.17) is 16.3 Å². The van der Waals surface area contributed by atoms with Gasteiger partial charge in [-0.1, -0.05) is 29.8 Å².